The van der Waals surface area contributed by atoms with Gasteiger partial charge in [0, 0.05) is 23.4 Å². The maximum Gasteiger partial charge on any atom is 0.231 e. The third kappa shape index (κ3) is 2.20. The maximum absolute atomic E-state index is 12.2. The first kappa shape index (κ1) is 14.9. The number of aromatic amines is 1. The second kappa shape index (κ2) is 5.17. The zero-order valence-electron chi connectivity index (χ0n) is 13.4. The Bertz CT molecular complexity index is 959. The van der Waals surface area contributed by atoms with Crippen LogP contribution in [0.2, 0.25) is 0 Å². The molecule has 0 saturated carbocycles. The van der Waals surface area contributed by atoms with E-state index in [2.05, 4.69) is 26.6 Å². The molecule has 24 heavy (non-hydrogen) atoms. The summed E-state index contributed by atoms with van der Waals surface area (Å²) >= 11 is 1.64. The molecule has 1 aliphatic heterocycles. The van der Waals surface area contributed by atoms with E-state index in [4.69, 9.17) is 5.73 Å². The van der Waals surface area contributed by atoms with Crippen LogP contribution in [0.3, 0.4) is 0 Å². The fraction of sp³-hybridized carbons (Fsp3) is 0.235. The standard InChI is InChI=1S/C17H17N5OS/c1-17(8-14(23)22(2)16(18)19-17)11-3-4-12-13(7-11)20-21-15(12)10-5-6-24-9-10/h3-7,9H,8H2,1-2H3,(H2,18,19)(H,20,21)/t17-/m0/s1. The minimum Gasteiger partial charge on any atom is -0.369 e. The molecule has 1 aromatic carbocycles. The molecule has 0 aliphatic carbocycles. The number of benzene rings is 1. The van der Waals surface area contributed by atoms with E-state index in [0.717, 1.165) is 27.7 Å². The molecule has 0 spiro atoms. The monoisotopic (exact) mass is 339 g/mol. The van der Waals surface area contributed by atoms with Crippen molar-refractivity contribution < 1.29 is 4.79 Å². The highest BCUT2D eigenvalue weighted by Crippen LogP contribution is 2.36. The van der Waals surface area contributed by atoms with Gasteiger partial charge in [0.25, 0.3) is 0 Å². The molecule has 4 rings (SSSR count). The van der Waals surface area contributed by atoms with Crippen LogP contribution in [0.1, 0.15) is 18.9 Å². The molecular weight excluding hydrogens is 322 g/mol. The molecule has 6 nitrogen and oxygen atoms in total. The van der Waals surface area contributed by atoms with Gasteiger partial charge in [-0.05, 0) is 30.0 Å². The summed E-state index contributed by atoms with van der Waals surface area (Å²) in [5, 5.41) is 12.7. The highest BCUT2D eigenvalue weighted by atomic mass is 32.1. The van der Waals surface area contributed by atoms with Crippen LogP contribution in [0.15, 0.2) is 40.0 Å². The summed E-state index contributed by atoms with van der Waals surface area (Å²) in [6, 6.07) is 8.09. The zero-order chi connectivity index (χ0) is 16.9. The lowest BCUT2D eigenvalue weighted by Gasteiger charge is -2.33. The second-order valence-electron chi connectivity index (χ2n) is 6.22. The number of hydrogen-bond acceptors (Lipinski definition) is 5. The molecule has 0 unspecified atom stereocenters. The zero-order valence-corrected chi connectivity index (χ0v) is 14.2. The first-order valence-corrected chi connectivity index (χ1v) is 8.55. The molecule has 3 aromatic rings. The van der Waals surface area contributed by atoms with Crippen LogP contribution in [0.4, 0.5) is 0 Å². The molecule has 0 radical (unpaired) electrons. The molecule has 1 atom stereocenters. The molecule has 1 amide bonds. The quantitative estimate of drug-likeness (QED) is 0.752. The van der Waals surface area contributed by atoms with Gasteiger partial charge >= 0.3 is 0 Å². The van der Waals surface area contributed by atoms with Crippen molar-refractivity contribution in [3.05, 3.63) is 40.6 Å². The number of amides is 1. The molecule has 0 fully saturated rings. The molecule has 3 heterocycles. The van der Waals surface area contributed by atoms with E-state index in [9.17, 15) is 4.79 Å². The number of aromatic nitrogens is 2. The Labute approximate surface area is 143 Å². The molecule has 3 N–H and O–H groups in total. The number of nitrogens with zero attached hydrogens (tertiary/aromatic N) is 3. The van der Waals surface area contributed by atoms with Crippen LogP contribution in [0, 0.1) is 0 Å². The number of carbonyl (C=O) groups excluding carboxylic acids is 1. The van der Waals surface area contributed by atoms with Gasteiger partial charge in [-0.3, -0.25) is 14.8 Å². The summed E-state index contributed by atoms with van der Waals surface area (Å²) in [5.41, 5.74) is 9.15. The minimum atomic E-state index is -0.657. The lowest BCUT2D eigenvalue weighted by atomic mass is 9.87. The summed E-state index contributed by atoms with van der Waals surface area (Å²) in [6.07, 6.45) is 0.293. The molecule has 0 saturated heterocycles. The molecule has 0 bridgehead atoms. The topological polar surface area (TPSA) is 87.4 Å². The number of aliphatic imine (C=N–C) groups is 1. The van der Waals surface area contributed by atoms with Crippen molar-refractivity contribution in [3.63, 3.8) is 0 Å². The van der Waals surface area contributed by atoms with Crippen LogP contribution < -0.4 is 5.73 Å². The Kier molecular flexibility index (Phi) is 3.21. The van der Waals surface area contributed by atoms with Crippen molar-refractivity contribution >= 4 is 34.1 Å². The van der Waals surface area contributed by atoms with Gasteiger partial charge in [-0.1, -0.05) is 12.1 Å². The summed E-state index contributed by atoms with van der Waals surface area (Å²) in [7, 11) is 1.64. The average molecular weight is 339 g/mol. The van der Waals surface area contributed by atoms with Gasteiger partial charge in [0.15, 0.2) is 5.96 Å². The van der Waals surface area contributed by atoms with Crippen molar-refractivity contribution in [1.82, 2.24) is 15.1 Å². The van der Waals surface area contributed by atoms with Crippen molar-refractivity contribution in [2.24, 2.45) is 10.7 Å². The third-order valence-corrected chi connectivity index (χ3v) is 5.24. The Balaban J connectivity index is 1.80. The van der Waals surface area contributed by atoms with Crippen LogP contribution in [0.5, 0.6) is 0 Å². The Morgan fingerprint density at radius 1 is 1.38 bits per heavy atom. The fourth-order valence-corrected chi connectivity index (χ4v) is 3.69. The van der Waals surface area contributed by atoms with Crippen molar-refractivity contribution in [1.29, 1.82) is 0 Å². The second-order valence-corrected chi connectivity index (χ2v) is 7.00. The number of fused-ring (bicyclic) bond motifs is 1. The van der Waals surface area contributed by atoms with Crippen LogP contribution >= 0.6 is 11.3 Å². The van der Waals surface area contributed by atoms with E-state index in [-0.39, 0.29) is 11.9 Å². The van der Waals surface area contributed by atoms with Crippen molar-refractivity contribution in [3.8, 4) is 11.3 Å². The van der Waals surface area contributed by atoms with Gasteiger partial charge in [-0.2, -0.15) is 16.4 Å². The average Bonchev–Trinajstić information content (AvgIpc) is 3.20. The van der Waals surface area contributed by atoms with Gasteiger partial charge in [-0.25, -0.2) is 4.99 Å². The Hall–Kier alpha value is -2.67. The van der Waals surface area contributed by atoms with Gasteiger partial charge in [0.05, 0.1) is 17.5 Å². The van der Waals surface area contributed by atoms with E-state index in [0.29, 0.717) is 6.42 Å². The minimum absolute atomic E-state index is 0.0336. The summed E-state index contributed by atoms with van der Waals surface area (Å²) in [5.74, 6) is 0.214. The predicted octanol–water partition coefficient (Wildman–Crippen LogP) is 2.68. The largest absolute Gasteiger partial charge is 0.369 e. The number of hydrogen-bond donors (Lipinski definition) is 2. The van der Waals surface area contributed by atoms with Crippen LogP contribution in [0.25, 0.3) is 22.2 Å². The third-order valence-electron chi connectivity index (χ3n) is 4.55. The molecular formula is C17H17N5OS. The predicted molar refractivity (Wildman–Crippen MR) is 95.8 cm³/mol. The summed E-state index contributed by atoms with van der Waals surface area (Å²) in [4.78, 5) is 18.1. The maximum atomic E-state index is 12.2. The lowest BCUT2D eigenvalue weighted by Crippen LogP contribution is -2.47. The van der Waals surface area contributed by atoms with Gasteiger partial charge in [0.1, 0.15) is 5.69 Å². The highest BCUT2D eigenvalue weighted by Gasteiger charge is 2.36. The fourth-order valence-electron chi connectivity index (χ4n) is 3.05. The molecule has 2 aromatic heterocycles. The summed E-state index contributed by atoms with van der Waals surface area (Å²) in [6.45, 7) is 1.93. The lowest BCUT2D eigenvalue weighted by molar-refractivity contribution is -0.128. The van der Waals surface area contributed by atoms with Crippen LogP contribution in [-0.4, -0.2) is 34.0 Å². The van der Waals surface area contributed by atoms with E-state index in [1.165, 1.54) is 4.90 Å². The number of guanidine groups is 1. The SMILES string of the molecule is CN1C(=O)C[C@@](C)(c2ccc3c(-c4ccsc4)n[nH]c3c2)N=C1N. The first-order chi connectivity index (χ1) is 11.5. The Morgan fingerprint density at radius 3 is 2.92 bits per heavy atom. The van der Waals surface area contributed by atoms with Crippen LogP contribution in [-0.2, 0) is 10.3 Å². The number of rotatable bonds is 2. The smallest absolute Gasteiger partial charge is 0.231 e. The number of nitrogens with one attached hydrogen (secondary N) is 1. The van der Waals surface area contributed by atoms with E-state index in [1.807, 2.05) is 30.5 Å². The number of thiophene rings is 1. The van der Waals surface area contributed by atoms with Gasteiger partial charge in [-0.15, -0.1) is 0 Å². The van der Waals surface area contributed by atoms with Crippen molar-refractivity contribution in [2.75, 3.05) is 7.05 Å². The van der Waals surface area contributed by atoms with Gasteiger partial charge < -0.3 is 5.73 Å². The van der Waals surface area contributed by atoms with E-state index >= 15 is 0 Å². The highest BCUT2D eigenvalue weighted by molar-refractivity contribution is 7.08. The number of H-pyrrole nitrogens is 1. The summed E-state index contributed by atoms with van der Waals surface area (Å²) < 4.78 is 0. The first-order valence-electron chi connectivity index (χ1n) is 7.61. The molecule has 1 aliphatic rings. The van der Waals surface area contributed by atoms with E-state index < -0.39 is 5.54 Å². The molecule has 7 heteroatoms. The molecule has 122 valence electrons. The number of carbonyl (C=O) groups is 1. The van der Waals surface area contributed by atoms with Gasteiger partial charge in [0.2, 0.25) is 5.91 Å². The van der Waals surface area contributed by atoms with E-state index in [1.54, 1.807) is 18.4 Å². The number of nitrogens with two attached hydrogens (primary N) is 1. The normalized spacial score (nSPS) is 21.3. The Morgan fingerprint density at radius 2 is 2.21 bits per heavy atom. The van der Waals surface area contributed by atoms with Crippen molar-refractivity contribution in [2.45, 2.75) is 18.9 Å².